The van der Waals surface area contributed by atoms with Gasteiger partial charge in [0.2, 0.25) is 5.91 Å². The molecule has 0 saturated heterocycles. The topological polar surface area (TPSA) is 25.2 Å². The third-order valence-corrected chi connectivity index (χ3v) is 5.41. The number of carbonyl (C=O) groups excluding carboxylic acids is 1. The fourth-order valence-corrected chi connectivity index (χ4v) is 4.08. The second kappa shape index (κ2) is 4.20. The lowest BCUT2D eigenvalue weighted by Crippen LogP contribution is -2.33. The summed E-state index contributed by atoms with van der Waals surface area (Å²) in [6.07, 6.45) is 3.07. The molecule has 0 radical (unpaired) electrons. The van der Waals surface area contributed by atoms with Gasteiger partial charge >= 0.3 is 0 Å². The van der Waals surface area contributed by atoms with E-state index in [-0.39, 0.29) is 11.3 Å². The van der Waals surface area contributed by atoms with E-state index in [1.54, 1.807) is 0 Å². The summed E-state index contributed by atoms with van der Waals surface area (Å²) < 4.78 is 2.04. The maximum absolute atomic E-state index is 13.1. The molecule has 1 aromatic heterocycles. The monoisotopic (exact) mass is 282 g/mol. The van der Waals surface area contributed by atoms with Crippen LogP contribution in [0.15, 0.2) is 24.3 Å². The first-order valence-electron chi connectivity index (χ1n) is 7.88. The summed E-state index contributed by atoms with van der Waals surface area (Å²) in [7, 11) is 2.19. The summed E-state index contributed by atoms with van der Waals surface area (Å²) in [6, 6.07) is 8.79. The molecule has 1 atom stereocenters. The smallest absolute Gasteiger partial charge is 0.237 e. The lowest BCUT2D eigenvalue weighted by Gasteiger charge is -2.32. The van der Waals surface area contributed by atoms with Gasteiger partial charge < -0.3 is 0 Å². The number of hydrogen-bond donors (Lipinski definition) is 0. The molecule has 0 spiro atoms. The molecule has 0 N–H and O–H groups in total. The zero-order valence-corrected chi connectivity index (χ0v) is 13.0. The molecular weight excluding hydrogens is 260 g/mol. The van der Waals surface area contributed by atoms with Crippen molar-refractivity contribution in [3.05, 3.63) is 35.5 Å². The molecule has 2 aliphatic rings. The van der Waals surface area contributed by atoms with Gasteiger partial charge in [-0.1, -0.05) is 32.0 Å². The van der Waals surface area contributed by atoms with Crippen LogP contribution in [-0.4, -0.2) is 29.0 Å². The Morgan fingerprint density at radius 3 is 2.81 bits per heavy atom. The zero-order chi connectivity index (χ0) is 14.8. The number of aromatic nitrogens is 1. The van der Waals surface area contributed by atoms with E-state index in [0.717, 1.165) is 31.3 Å². The lowest BCUT2D eigenvalue weighted by atomic mass is 9.85. The lowest BCUT2D eigenvalue weighted by molar-refractivity contribution is 0.0745. The Hall–Kier alpha value is -1.61. The van der Waals surface area contributed by atoms with E-state index in [9.17, 15) is 4.79 Å². The van der Waals surface area contributed by atoms with Crippen molar-refractivity contribution in [2.45, 2.75) is 39.2 Å². The van der Waals surface area contributed by atoms with Crippen molar-refractivity contribution < 1.29 is 4.79 Å². The molecule has 2 aromatic rings. The fraction of sp³-hybridized carbons (Fsp3) is 0.500. The van der Waals surface area contributed by atoms with Crippen molar-refractivity contribution in [3.8, 4) is 0 Å². The number of para-hydroxylation sites is 1. The molecule has 110 valence electrons. The first-order valence-corrected chi connectivity index (χ1v) is 7.88. The molecule has 0 bridgehead atoms. The second-order valence-electron chi connectivity index (χ2n) is 7.19. The van der Waals surface area contributed by atoms with Crippen LogP contribution in [0.1, 0.15) is 48.8 Å². The summed E-state index contributed by atoms with van der Waals surface area (Å²) in [5.41, 5.74) is 3.48. The highest BCUT2D eigenvalue weighted by Crippen LogP contribution is 2.44. The van der Waals surface area contributed by atoms with Gasteiger partial charge in [-0.2, -0.15) is 0 Å². The SMILES string of the molecule is CN1CCc2c3n(c4ccccc24)C(=O)C(C)(C)CCC31. The van der Waals surface area contributed by atoms with Crippen LogP contribution < -0.4 is 0 Å². The van der Waals surface area contributed by atoms with Crippen LogP contribution >= 0.6 is 0 Å². The molecule has 0 fully saturated rings. The Labute approximate surface area is 125 Å². The van der Waals surface area contributed by atoms with Crippen molar-refractivity contribution in [2.24, 2.45) is 5.41 Å². The molecule has 4 rings (SSSR count). The average molecular weight is 282 g/mol. The van der Waals surface area contributed by atoms with Gasteiger partial charge in [0.1, 0.15) is 0 Å². The molecular formula is C18H22N2O. The van der Waals surface area contributed by atoms with E-state index >= 15 is 0 Å². The minimum atomic E-state index is -0.284. The molecule has 3 heterocycles. The van der Waals surface area contributed by atoms with E-state index in [0.29, 0.717) is 6.04 Å². The molecule has 21 heavy (non-hydrogen) atoms. The molecule has 0 aliphatic carbocycles. The minimum Gasteiger partial charge on any atom is -0.298 e. The van der Waals surface area contributed by atoms with Gasteiger partial charge in [-0.05, 0) is 37.9 Å². The van der Waals surface area contributed by atoms with E-state index < -0.39 is 0 Å². The number of benzene rings is 1. The van der Waals surface area contributed by atoms with Gasteiger partial charge in [-0.3, -0.25) is 14.3 Å². The third-order valence-electron chi connectivity index (χ3n) is 5.41. The normalized spacial score (nSPS) is 24.9. The first-order chi connectivity index (χ1) is 10.0. The fourth-order valence-electron chi connectivity index (χ4n) is 4.08. The number of hydrogen-bond acceptors (Lipinski definition) is 2. The van der Waals surface area contributed by atoms with Crippen molar-refractivity contribution in [3.63, 3.8) is 0 Å². The minimum absolute atomic E-state index is 0.262. The highest BCUT2D eigenvalue weighted by molar-refractivity contribution is 5.98. The van der Waals surface area contributed by atoms with Gasteiger partial charge in [0.05, 0.1) is 11.6 Å². The molecule has 2 aliphatic heterocycles. The molecule has 0 amide bonds. The van der Waals surface area contributed by atoms with Crippen LogP contribution in [0.4, 0.5) is 0 Å². The number of likely N-dealkylation sites (N-methyl/N-ethyl adjacent to an activating group) is 1. The third kappa shape index (κ3) is 1.67. The van der Waals surface area contributed by atoms with Gasteiger partial charge in [0.15, 0.2) is 0 Å². The summed E-state index contributed by atoms with van der Waals surface area (Å²) in [4.78, 5) is 15.5. The quantitative estimate of drug-likeness (QED) is 0.737. The van der Waals surface area contributed by atoms with Crippen LogP contribution in [0, 0.1) is 5.41 Å². The summed E-state index contributed by atoms with van der Waals surface area (Å²) in [5, 5.41) is 1.27. The van der Waals surface area contributed by atoms with E-state index in [1.165, 1.54) is 16.6 Å². The Balaban J connectivity index is 2.10. The number of carbonyl (C=O) groups is 1. The summed E-state index contributed by atoms with van der Waals surface area (Å²) in [6.45, 7) is 5.27. The summed E-state index contributed by atoms with van der Waals surface area (Å²) >= 11 is 0. The van der Waals surface area contributed by atoms with Gasteiger partial charge in [-0.25, -0.2) is 0 Å². The van der Waals surface area contributed by atoms with Crippen LogP contribution in [0.3, 0.4) is 0 Å². The van der Waals surface area contributed by atoms with E-state index in [1.807, 2.05) is 10.6 Å². The Morgan fingerprint density at radius 1 is 1.24 bits per heavy atom. The largest absolute Gasteiger partial charge is 0.298 e. The molecule has 3 heteroatoms. The van der Waals surface area contributed by atoms with E-state index in [4.69, 9.17) is 0 Å². The predicted molar refractivity (Wildman–Crippen MR) is 84.7 cm³/mol. The predicted octanol–water partition coefficient (Wildman–Crippen LogP) is 3.63. The first kappa shape index (κ1) is 13.1. The number of fused-ring (bicyclic) bond motifs is 3. The summed E-state index contributed by atoms with van der Waals surface area (Å²) in [5.74, 6) is 0.262. The maximum Gasteiger partial charge on any atom is 0.237 e. The van der Waals surface area contributed by atoms with Crippen molar-refractivity contribution in [1.82, 2.24) is 9.47 Å². The highest BCUT2D eigenvalue weighted by Gasteiger charge is 2.41. The Bertz CT molecular complexity index is 741. The highest BCUT2D eigenvalue weighted by atomic mass is 16.2. The number of nitrogens with zero attached hydrogens (tertiary/aromatic N) is 2. The molecule has 1 unspecified atom stereocenters. The maximum atomic E-state index is 13.1. The van der Waals surface area contributed by atoms with Crippen LogP contribution in [-0.2, 0) is 6.42 Å². The molecule has 1 aromatic carbocycles. The molecule has 3 nitrogen and oxygen atoms in total. The second-order valence-corrected chi connectivity index (χ2v) is 7.19. The standard InChI is InChI=1S/C18H22N2O/c1-18(2)10-8-15-16-13(9-11-19(15)3)12-6-4-5-7-14(12)20(16)17(18)21/h4-7,15H,8-11H2,1-3H3. The Kier molecular flexibility index (Phi) is 2.62. The average Bonchev–Trinajstić information content (AvgIpc) is 2.74. The van der Waals surface area contributed by atoms with Crippen LogP contribution in [0.5, 0.6) is 0 Å². The van der Waals surface area contributed by atoms with Crippen LogP contribution in [0.25, 0.3) is 10.9 Å². The zero-order valence-electron chi connectivity index (χ0n) is 13.0. The van der Waals surface area contributed by atoms with Crippen molar-refractivity contribution in [1.29, 1.82) is 0 Å². The van der Waals surface area contributed by atoms with Gasteiger partial charge in [-0.15, -0.1) is 0 Å². The van der Waals surface area contributed by atoms with Crippen molar-refractivity contribution in [2.75, 3.05) is 13.6 Å². The molecule has 0 saturated carbocycles. The number of rotatable bonds is 0. The van der Waals surface area contributed by atoms with Crippen molar-refractivity contribution >= 4 is 16.8 Å². The Morgan fingerprint density at radius 2 is 2.00 bits per heavy atom. The van der Waals surface area contributed by atoms with Gasteiger partial charge in [0, 0.05) is 23.0 Å². The van der Waals surface area contributed by atoms with Gasteiger partial charge in [0.25, 0.3) is 0 Å². The van der Waals surface area contributed by atoms with E-state index in [2.05, 4.69) is 44.0 Å². The van der Waals surface area contributed by atoms with Crippen LogP contribution in [0.2, 0.25) is 0 Å².